The Morgan fingerprint density at radius 1 is 0.970 bits per heavy atom. The quantitative estimate of drug-likeness (QED) is 0.572. The van der Waals surface area contributed by atoms with Gasteiger partial charge in [-0.25, -0.2) is 4.79 Å². The Morgan fingerprint density at radius 3 is 2.30 bits per heavy atom. The van der Waals surface area contributed by atoms with E-state index >= 15 is 0 Å². The molecule has 0 aromatic carbocycles. The van der Waals surface area contributed by atoms with Crippen LogP contribution in [-0.2, 0) is 19.1 Å². The molecule has 3 fully saturated rings. The number of aliphatic hydroxyl groups is 2. The molecule has 1 heterocycles. The summed E-state index contributed by atoms with van der Waals surface area (Å²) in [7, 11) is 0. The van der Waals surface area contributed by atoms with Crippen molar-refractivity contribution < 1.29 is 29.3 Å². The fourth-order valence-corrected chi connectivity index (χ4v) is 9.94. The van der Waals surface area contributed by atoms with Crippen molar-refractivity contribution in [2.75, 3.05) is 0 Å². The Balaban J connectivity index is 1.67. The van der Waals surface area contributed by atoms with E-state index in [1.807, 2.05) is 6.92 Å². The van der Waals surface area contributed by atoms with Gasteiger partial charge in [0.25, 0.3) is 0 Å². The average molecular weight is 461 g/mol. The molecule has 0 bridgehead atoms. The van der Waals surface area contributed by atoms with E-state index in [-0.39, 0.29) is 33.7 Å². The Hall–Kier alpha value is -1.40. The summed E-state index contributed by atoms with van der Waals surface area (Å²) in [6.07, 6.45) is 4.08. The number of hydrogen-bond acceptors (Lipinski definition) is 6. The van der Waals surface area contributed by atoms with Gasteiger partial charge < -0.3 is 19.7 Å². The lowest BCUT2D eigenvalue weighted by Crippen LogP contribution is -2.66. The number of ether oxygens (including phenoxy) is 2. The topological polar surface area (TPSA) is 93.1 Å². The van der Waals surface area contributed by atoms with Crippen molar-refractivity contribution in [3.8, 4) is 0 Å². The first kappa shape index (κ1) is 23.3. The second-order valence-corrected chi connectivity index (χ2v) is 13.0. The van der Waals surface area contributed by atoms with Gasteiger partial charge in [-0.1, -0.05) is 41.0 Å². The van der Waals surface area contributed by atoms with E-state index in [1.165, 1.54) is 19.8 Å². The molecule has 0 amide bonds. The molecule has 6 heteroatoms. The smallest absolute Gasteiger partial charge is 0.339 e. The van der Waals surface area contributed by atoms with E-state index in [0.717, 1.165) is 19.3 Å². The minimum absolute atomic E-state index is 0.0335. The molecule has 6 nitrogen and oxygen atoms in total. The maximum absolute atomic E-state index is 12.5. The molecule has 2 N–H and O–H groups in total. The maximum Gasteiger partial charge on any atom is 0.339 e. The molecule has 184 valence electrons. The number of carbonyl (C=O) groups excluding carboxylic acids is 2. The first-order valence-electron chi connectivity index (χ1n) is 12.8. The number of aliphatic hydroxyl groups excluding tert-OH is 2. The Morgan fingerprint density at radius 2 is 1.64 bits per heavy atom. The summed E-state index contributed by atoms with van der Waals surface area (Å²) in [6, 6.07) is 0. The monoisotopic (exact) mass is 460 g/mol. The summed E-state index contributed by atoms with van der Waals surface area (Å²) in [6.45, 7) is 13.1. The molecule has 0 radical (unpaired) electrons. The zero-order valence-corrected chi connectivity index (χ0v) is 20.9. The molecule has 5 rings (SSSR count). The standard InChI is InChI=1S/C27H40O6/c1-14(28)32-19-13-17-25(4)10-7-9-24(2,3)16(25)8-11-26(17,5)18-12-15(29)20-21(27(18,19)6)23(31)33-22(20)30/h15-19,23,29,31H,7-13H2,1-6H3/t15?,16?,17?,18?,19?,23?,25-,26+,27+/m0/s1. The molecule has 0 aromatic rings. The fourth-order valence-electron chi connectivity index (χ4n) is 9.94. The van der Waals surface area contributed by atoms with Gasteiger partial charge in [0.15, 0.2) is 0 Å². The number of fused-ring (bicyclic) bond motifs is 6. The highest BCUT2D eigenvalue weighted by Crippen LogP contribution is 2.73. The van der Waals surface area contributed by atoms with Gasteiger partial charge in [0.2, 0.25) is 6.29 Å². The SMILES string of the molecule is CC(=O)OC1CC2[C@@]3(C)CCCC(C)(C)C3CC[C@@]2(C)C2CC(O)C3=C(C(O)OC3=O)[C@@]12C. The normalized spacial score (nSPS) is 50.5. The third-order valence-electron chi connectivity index (χ3n) is 11.1. The van der Waals surface area contributed by atoms with Crippen LogP contribution in [0.15, 0.2) is 11.1 Å². The van der Waals surface area contributed by atoms with Crippen molar-refractivity contribution >= 4 is 11.9 Å². The van der Waals surface area contributed by atoms with Gasteiger partial charge in [0.1, 0.15) is 6.10 Å². The lowest BCUT2D eigenvalue weighted by molar-refractivity contribution is -0.232. The molecule has 33 heavy (non-hydrogen) atoms. The van der Waals surface area contributed by atoms with Crippen LogP contribution in [0.1, 0.15) is 86.5 Å². The van der Waals surface area contributed by atoms with E-state index in [1.54, 1.807) is 0 Å². The molecule has 9 atom stereocenters. The van der Waals surface area contributed by atoms with E-state index in [2.05, 4.69) is 27.7 Å². The zero-order chi connectivity index (χ0) is 24.1. The summed E-state index contributed by atoms with van der Waals surface area (Å²) >= 11 is 0. The van der Waals surface area contributed by atoms with Gasteiger partial charge in [-0.3, -0.25) is 4.79 Å². The number of carbonyl (C=O) groups is 2. The van der Waals surface area contributed by atoms with E-state index in [0.29, 0.717) is 30.3 Å². The number of esters is 2. The molecule has 0 spiro atoms. The Bertz CT molecular complexity index is 922. The highest BCUT2D eigenvalue weighted by atomic mass is 16.6. The predicted octanol–water partition coefficient (Wildman–Crippen LogP) is 4.13. The van der Waals surface area contributed by atoms with Crippen LogP contribution >= 0.6 is 0 Å². The lowest BCUT2D eigenvalue weighted by Gasteiger charge is -2.70. The zero-order valence-electron chi connectivity index (χ0n) is 20.9. The first-order chi connectivity index (χ1) is 15.3. The van der Waals surface area contributed by atoms with E-state index in [4.69, 9.17) is 9.47 Å². The molecule has 1 aliphatic heterocycles. The van der Waals surface area contributed by atoms with Gasteiger partial charge in [-0.15, -0.1) is 0 Å². The number of rotatable bonds is 1. The van der Waals surface area contributed by atoms with Crippen LogP contribution in [0, 0.1) is 39.4 Å². The molecule has 0 saturated heterocycles. The molecular formula is C27H40O6. The van der Waals surface area contributed by atoms with Gasteiger partial charge >= 0.3 is 11.9 Å². The fraction of sp³-hybridized carbons (Fsp3) is 0.852. The molecule has 6 unspecified atom stereocenters. The van der Waals surface area contributed by atoms with Crippen molar-refractivity contribution in [1.82, 2.24) is 0 Å². The number of hydrogen-bond donors (Lipinski definition) is 2. The third-order valence-corrected chi connectivity index (χ3v) is 11.1. The van der Waals surface area contributed by atoms with Gasteiger partial charge in [0, 0.05) is 17.9 Å². The van der Waals surface area contributed by atoms with Crippen molar-refractivity contribution in [3.63, 3.8) is 0 Å². The van der Waals surface area contributed by atoms with E-state index < -0.39 is 29.9 Å². The summed E-state index contributed by atoms with van der Waals surface area (Å²) in [5.74, 6) is -0.102. The summed E-state index contributed by atoms with van der Waals surface area (Å²) in [5, 5.41) is 21.9. The Kier molecular flexibility index (Phi) is 5.00. The first-order valence-corrected chi connectivity index (χ1v) is 12.8. The highest BCUT2D eigenvalue weighted by Gasteiger charge is 2.70. The van der Waals surface area contributed by atoms with E-state index in [9.17, 15) is 19.8 Å². The number of cyclic esters (lactones) is 1. The largest absolute Gasteiger partial charge is 0.462 e. The molecular weight excluding hydrogens is 420 g/mol. The van der Waals surface area contributed by atoms with Crippen LogP contribution in [0.2, 0.25) is 0 Å². The summed E-state index contributed by atoms with van der Waals surface area (Å²) in [4.78, 5) is 24.8. The second-order valence-electron chi connectivity index (χ2n) is 13.0. The second kappa shape index (κ2) is 7.07. The highest BCUT2D eigenvalue weighted by molar-refractivity contribution is 5.94. The van der Waals surface area contributed by atoms with Crippen LogP contribution in [0.25, 0.3) is 0 Å². The van der Waals surface area contributed by atoms with Crippen LogP contribution in [0.3, 0.4) is 0 Å². The third kappa shape index (κ3) is 2.92. The molecule has 3 saturated carbocycles. The predicted molar refractivity (Wildman–Crippen MR) is 122 cm³/mol. The average Bonchev–Trinajstić information content (AvgIpc) is 3.00. The Labute approximate surface area is 197 Å². The molecule has 0 aromatic heterocycles. The van der Waals surface area contributed by atoms with Gasteiger partial charge in [0.05, 0.1) is 11.7 Å². The minimum atomic E-state index is -1.39. The van der Waals surface area contributed by atoms with Crippen LogP contribution < -0.4 is 0 Å². The summed E-state index contributed by atoms with van der Waals surface area (Å²) < 4.78 is 11.2. The maximum atomic E-state index is 12.5. The summed E-state index contributed by atoms with van der Waals surface area (Å²) in [5.41, 5.74) is 0.154. The van der Waals surface area contributed by atoms with Crippen LogP contribution in [0.4, 0.5) is 0 Å². The molecule has 5 aliphatic rings. The molecule has 4 aliphatic carbocycles. The lowest BCUT2D eigenvalue weighted by atomic mass is 9.35. The van der Waals surface area contributed by atoms with Crippen molar-refractivity contribution in [1.29, 1.82) is 0 Å². The van der Waals surface area contributed by atoms with Crippen LogP contribution in [0.5, 0.6) is 0 Å². The van der Waals surface area contributed by atoms with Crippen molar-refractivity contribution in [2.24, 2.45) is 39.4 Å². The van der Waals surface area contributed by atoms with Gasteiger partial charge in [-0.2, -0.15) is 0 Å². The van der Waals surface area contributed by atoms with Crippen LogP contribution in [-0.4, -0.2) is 40.6 Å². The van der Waals surface area contributed by atoms with Crippen molar-refractivity contribution in [3.05, 3.63) is 11.1 Å². The van der Waals surface area contributed by atoms with Gasteiger partial charge in [-0.05, 0) is 72.5 Å². The minimum Gasteiger partial charge on any atom is -0.462 e. The van der Waals surface area contributed by atoms with Crippen molar-refractivity contribution in [2.45, 2.75) is 105 Å².